The summed E-state index contributed by atoms with van der Waals surface area (Å²) in [4.78, 5) is 25.9. The summed E-state index contributed by atoms with van der Waals surface area (Å²) in [5.74, 6) is -4.26. The highest BCUT2D eigenvalue weighted by atomic mass is 16.3. The summed E-state index contributed by atoms with van der Waals surface area (Å²) >= 11 is 0. The highest BCUT2D eigenvalue weighted by molar-refractivity contribution is 6.47. The molecule has 6 nitrogen and oxygen atoms in total. The van der Waals surface area contributed by atoms with E-state index in [2.05, 4.69) is 0 Å². The quantitative estimate of drug-likeness (QED) is 0.365. The van der Waals surface area contributed by atoms with Crippen LogP contribution >= 0.6 is 0 Å². The van der Waals surface area contributed by atoms with Crippen LogP contribution in [0, 0.1) is 11.3 Å². The van der Waals surface area contributed by atoms with E-state index in [4.69, 9.17) is 0 Å². The molecule has 1 fully saturated rings. The molecule has 1 saturated carbocycles. The zero-order chi connectivity index (χ0) is 19.6. The number of hydrogen-bond acceptors (Lipinski definition) is 6. The third-order valence-corrected chi connectivity index (χ3v) is 6.44. The van der Waals surface area contributed by atoms with Crippen molar-refractivity contribution in [1.82, 2.24) is 0 Å². The van der Waals surface area contributed by atoms with Crippen molar-refractivity contribution >= 4 is 11.6 Å². The molecule has 0 saturated heterocycles. The van der Waals surface area contributed by atoms with Gasteiger partial charge in [-0.25, -0.2) is 0 Å². The van der Waals surface area contributed by atoms with Crippen LogP contribution in [-0.2, 0) is 10.2 Å². The molecule has 0 bridgehead atoms. The lowest BCUT2D eigenvalue weighted by molar-refractivity contribution is -0.128. The first-order valence-corrected chi connectivity index (χ1v) is 8.99. The van der Waals surface area contributed by atoms with Crippen LogP contribution in [0.15, 0.2) is 0 Å². The summed E-state index contributed by atoms with van der Waals surface area (Å²) in [6, 6.07) is 0. The number of hydrogen-bond donors (Lipinski definition) is 4. The first-order valence-electron chi connectivity index (χ1n) is 8.99. The Labute approximate surface area is 152 Å². The Bertz CT molecular complexity index is 809. The molecule has 3 rings (SSSR count). The second-order valence-electron chi connectivity index (χ2n) is 8.68. The van der Waals surface area contributed by atoms with Gasteiger partial charge in [-0.3, -0.25) is 9.59 Å². The predicted molar refractivity (Wildman–Crippen MR) is 94.7 cm³/mol. The molecule has 2 aliphatic carbocycles. The summed E-state index contributed by atoms with van der Waals surface area (Å²) in [7, 11) is 0. The lowest BCUT2D eigenvalue weighted by Gasteiger charge is -2.52. The smallest absolute Gasteiger partial charge is 0.233 e. The van der Waals surface area contributed by atoms with Gasteiger partial charge in [0.1, 0.15) is 5.75 Å². The first-order chi connectivity index (χ1) is 12.0. The topological polar surface area (TPSA) is 115 Å². The number of ketones is 2. The molecule has 2 aliphatic rings. The van der Waals surface area contributed by atoms with Gasteiger partial charge in [0, 0.05) is 35.0 Å². The van der Waals surface area contributed by atoms with Crippen LogP contribution in [0.4, 0.5) is 0 Å². The fourth-order valence-electron chi connectivity index (χ4n) is 5.29. The first kappa shape index (κ1) is 18.7. The van der Waals surface area contributed by atoms with E-state index in [1.165, 1.54) is 0 Å². The number of carbonyl (C=O) groups excluding carboxylic acids is 2. The highest BCUT2D eigenvalue weighted by Crippen LogP contribution is 2.61. The molecule has 3 atom stereocenters. The monoisotopic (exact) mass is 362 g/mol. The molecule has 0 amide bonds. The van der Waals surface area contributed by atoms with Crippen molar-refractivity contribution in [3.8, 4) is 17.2 Å². The molecule has 0 aliphatic heterocycles. The summed E-state index contributed by atoms with van der Waals surface area (Å²) in [5, 5.41) is 41.4. The molecular formula is C20H26O6. The number of phenols is 3. The summed E-state index contributed by atoms with van der Waals surface area (Å²) in [6.45, 7) is 6.84. The Hall–Kier alpha value is -2.08. The number of aliphatic hydroxyl groups is 1. The Kier molecular flexibility index (Phi) is 4.11. The maximum atomic E-state index is 13.0. The number of phenolic OH excluding ortho intramolecular Hbond substituents is 3. The van der Waals surface area contributed by atoms with Crippen LogP contribution < -0.4 is 0 Å². The molecule has 6 heteroatoms. The van der Waals surface area contributed by atoms with Gasteiger partial charge in [0.2, 0.25) is 11.6 Å². The SMILES string of the molecule is CC(CO)c1c(O)c(O)c2c(c1O)C(=O)C(=O)[C@H]1C(C)(C)CCC[C@]21C. The van der Waals surface area contributed by atoms with Gasteiger partial charge in [0.05, 0.1) is 5.56 Å². The molecule has 0 heterocycles. The zero-order valence-electron chi connectivity index (χ0n) is 15.6. The molecule has 1 aromatic rings. The molecule has 4 N–H and O–H groups in total. The Morgan fingerprint density at radius 2 is 1.65 bits per heavy atom. The average Bonchev–Trinajstić information content (AvgIpc) is 2.55. The molecular weight excluding hydrogens is 336 g/mol. The molecule has 142 valence electrons. The number of Topliss-reactive ketones (excluding diaryl/α,β-unsaturated/α-hetero) is 2. The number of benzene rings is 1. The minimum atomic E-state index is -0.859. The van der Waals surface area contributed by atoms with Gasteiger partial charge < -0.3 is 20.4 Å². The molecule has 0 aromatic heterocycles. The zero-order valence-corrected chi connectivity index (χ0v) is 15.6. The van der Waals surface area contributed by atoms with E-state index in [1.54, 1.807) is 6.92 Å². The third kappa shape index (κ3) is 2.21. The third-order valence-electron chi connectivity index (χ3n) is 6.44. The van der Waals surface area contributed by atoms with E-state index in [0.717, 1.165) is 12.8 Å². The maximum absolute atomic E-state index is 13.0. The van der Waals surface area contributed by atoms with Gasteiger partial charge >= 0.3 is 0 Å². The average molecular weight is 362 g/mol. The van der Waals surface area contributed by atoms with Gasteiger partial charge in [-0.1, -0.05) is 34.1 Å². The van der Waals surface area contributed by atoms with Gasteiger partial charge in [-0.15, -0.1) is 0 Å². The van der Waals surface area contributed by atoms with Crippen molar-refractivity contribution in [3.05, 3.63) is 16.7 Å². The number of aromatic hydroxyl groups is 3. The Morgan fingerprint density at radius 1 is 1.04 bits per heavy atom. The Morgan fingerprint density at radius 3 is 2.23 bits per heavy atom. The van der Waals surface area contributed by atoms with Crippen molar-refractivity contribution in [1.29, 1.82) is 0 Å². The van der Waals surface area contributed by atoms with E-state index < -0.39 is 58.1 Å². The van der Waals surface area contributed by atoms with Crippen LogP contribution in [-0.4, -0.2) is 38.6 Å². The molecule has 1 unspecified atom stereocenters. The predicted octanol–water partition coefficient (Wildman–Crippen LogP) is 2.75. The van der Waals surface area contributed by atoms with Crippen LogP contribution in [0.1, 0.15) is 74.4 Å². The van der Waals surface area contributed by atoms with E-state index in [1.807, 2.05) is 20.8 Å². The number of fused-ring (bicyclic) bond motifs is 3. The van der Waals surface area contributed by atoms with Crippen molar-refractivity contribution in [3.63, 3.8) is 0 Å². The maximum Gasteiger partial charge on any atom is 0.233 e. The van der Waals surface area contributed by atoms with Crippen molar-refractivity contribution in [2.45, 2.75) is 58.3 Å². The van der Waals surface area contributed by atoms with E-state index in [9.17, 15) is 30.0 Å². The number of aliphatic hydroxyl groups excluding tert-OH is 1. The standard InChI is InChI=1S/C20H26O6/c1-9(8-21)10-13(22)11-12(16(25)14(10)23)20(4)7-5-6-19(2,3)18(20)17(26)15(11)24/h9,18,21-23,25H,5-8H2,1-4H3/t9?,18-,20+/m0/s1. The fourth-order valence-corrected chi connectivity index (χ4v) is 5.29. The van der Waals surface area contributed by atoms with Gasteiger partial charge in [0.15, 0.2) is 11.5 Å². The highest BCUT2D eigenvalue weighted by Gasteiger charge is 2.59. The van der Waals surface area contributed by atoms with Crippen molar-refractivity contribution in [2.75, 3.05) is 6.61 Å². The second kappa shape index (κ2) is 5.71. The molecule has 0 radical (unpaired) electrons. The van der Waals surface area contributed by atoms with E-state index in [0.29, 0.717) is 6.42 Å². The fraction of sp³-hybridized carbons (Fsp3) is 0.600. The van der Waals surface area contributed by atoms with Gasteiger partial charge in [-0.05, 0) is 18.3 Å². The van der Waals surface area contributed by atoms with Crippen LogP contribution in [0.5, 0.6) is 17.2 Å². The largest absolute Gasteiger partial charge is 0.507 e. The molecule has 1 aromatic carbocycles. The van der Waals surface area contributed by atoms with Gasteiger partial charge in [-0.2, -0.15) is 0 Å². The molecule has 26 heavy (non-hydrogen) atoms. The summed E-state index contributed by atoms with van der Waals surface area (Å²) in [5.41, 5.74) is -1.48. The van der Waals surface area contributed by atoms with Crippen LogP contribution in [0.25, 0.3) is 0 Å². The summed E-state index contributed by atoms with van der Waals surface area (Å²) < 4.78 is 0. The van der Waals surface area contributed by atoms with Crippen LogP contribution in [0.3, 0.4) is 0 Å². The lowest BCUT2D eigenvalue weighted by atomic mass is 9.49. The van der Waals surface area contributed by atoms with Crippen molar-refractivity contribution in [2.24, 2.45) is 11.3 Å². The normalized spacial score (nSPS) is 28.4. The number of carbonyl (C=O) groups is 2. The van der Waals surface area contributed by atoms with Crippen LogP contribution in [0.2, 0.25) is 0 Å². The minimum absolute atomic E-state index is 0.109. The number of rotatable bonds is 2. The minimum Gasteiger partial charge on any atom is -0.507 e. The molecule has 0 spiro atoms. The summed E-state index contributed by atoms with van der Waals surface area (Å²) in [6.07, 6.45) is 2.14. The Balaban J connectivity index is 2.40. The van der Waals surface area contributed by atoms with E-state index in [-0.39, 0.29) is 16.7 Å². The van der Waals surface area contributed by atoms with Crippen molar-refractivity contribution < 1.29 is 30.0 Å². The van der Waals surface area contributed by atoms with E-state index >= 15 is 0 Å². The second-order valence-corrected chi connectivity index (χ2v) is 8.68. The lowest BCUT2D eigenvalue weighted by Crippen LogP contribution is -2.54. The van der Waals surface area contributed by atoms with Gasteiger partial charge in [0.25, 0.3) is 0 Å².